The largest absolute Gasteiger partial charge is 0.343 e. The lowest BCUT2D eigenvalue weighted by atomic mass is 10.1. The standard InChI is InChI=1S/C10H17N2O3P/c11-10(16(13,14)15)8-12-7-6-9-4-2-1-3-5-9/h1-5,10,12H,6-8,11H2,(H2,13,14,15)/t10-/m1/s1. The number of hydrogen-bond acceptors (Lipinski definition) is 3. The molecule has 5 nitrogen and oxygen atoms in total. The summed E-state index contributed by atoms with van der Waals surface area (Å²) in [6.07, 6.45) is 0.814. The normalized spacial score (nSPS) is 13.7. The van der Waals surface area contributed by atoms with Crippen molar-refractivity contribution in [3.8, 4) is 0 Å². The van der Waals surface area contributed by atoms with Crippen molar-refractivity contribution >= 4 is 7.60 Å². The van der Waals surface area contributed by atoms with E-state index in [4.69, 9.17) is 15.5 Å². The third-order valence-electron chi connectivity index (χ3n) is 2.22. The first-order valence-corrected chi connectivity index (χ1v) is 6.74. The summed E-state index contributed by atoms with van der Waals surface area (Å²) >= 11 is 0. The van der Waals surface area contributed by atoms with E-state index in [9.17, 15) is 4.57 Å². The molecule has 0 amide bonds. The van der Waals surface area contributed by atoms with Crippen molar-refractivity contribution in [3.05, 3.63) is 35.9 Å². The molecule has 0 fully saturated rings. The fourth-order valence-corrected chi connectivity index (χ4v) is 1.61. The fourth-order valence-electron chi connectivity index (χ4n) is 1.25. The summed E-state index contributed by atoms with van der Waals surface area (Å²) in [7, 11) is -4.15. The van der Waals surface area contributed by atoms with Crippen LogP contribution in [0.4, 0.5) is 0 Å². The molecule has 0 saturated heterocycles. The highest BCUT2D eigenvalue weighted by Gasteiger charge is 2.23. The molecule has 1 aromatic carbocycles. The molecule has 0 aliphatic carbocycles. The van der Waals surface area contributed by atoms with Crippen LogP contribution >= 0.6 is 7.60 Å². The van der Waals surface area contributed by atoms with Crippen LogP contribution in [0.1, 0.15) is 5.56 Å². The van der Waals surface area contributed by atoms with Gasteiger partial charge < -0.3 is 20.8 Å². The number of rotatable bonds is 6. The van der Waals surface area contributed by atoms with Crippen molar-refractivity contribution in [1.29, 1.82) is 0 Å². The van der Waals surface area contributed by atoms with Crippen molar-refractivity contribution < 1.29 is 14.4 Å². The molecule has 90 valence electrons. The second kappa shape index (κ2) is 6.13. The summed E-state index contributed by atoms with van der Waals surface area (Å²) < 4.78 is 10.7. The average molecular weight is 244 g/mol. The first-order chi connectivity index (χ1) is 7.50. The van der Waals surface area contributed by atoms with Crippen LogP contribution in [0.3, 0.4) is 0 Å². The first-order valence-electron chi connectivity index (χ1n) is 5.05. The molecule has 6 heteroatoms. The Morgan fingerprint density at radius 1 is 1.31 bits per heavy atom. The predicted molar refractivity (Wildman–Crippen MR) is 63.0 cm³/mol. The Bertz CT molecular complexity index is 352. The lowest BCUT2D eigenvalue weighted by Crippen LogP contribution is -2.34. The minimum atomic E-state index is -4.15. The van der Waals surface area contributed by atoms with Crippen LogP contribution in [0.15, 0.2) is 30.3 Å². The number of nitrogens with two attached hydrogens (primary N) is 1. The quantitative estimate of drug-likeness (QED) is 0.426. The zero-order valence-corrected chi connectivity index (χ0v) is 9.81. The van der Waals surface area contributed by atoms with Gasteiger partial charge in [0.1, 0.15) is 5.78 Å². The van der Waals surface area contributed by atoms with Gasteiger partial charge in [0.05, 0.1) is 0 Å². The molecule has 0 aliphatic heterocycles. The van der Waals surface area contributed by atoms with Crippen molar-refractivity contribution in [2.45, 2.75) is 12.2 Å². The van der Waals surface area contributed by atoms with Gasteiger partial charge >= 0.3 is 7.60 Å². The maximum absolute atomic E-state index is 10.7. The van der Waals surface area contributed by atoms with Gasteiger partial charge in [-0.1, -0.05) is 30.3 Å². The van der Waals surface area contributed by atoms with Crippen LogP contribution in [-0.2, 0) is 11.0 Å². The van der Waals surface area contributed by atoms with Gasteiger partial charge in [-0.2, -0.15) is 0 Å². The van der Waals surface area contributed by atoms with Crippen LogP contribution in [0, 0.1) is 0 Å². The summed E-state index contributed by atoms with van der Waals surface area (Å²) in [6.45, 7) is 0.773. The van der Waals surface area contributed by atoms with E-state index in [0.29, 0.717) is 6.54 Å². The Labute approximate surface area is 94.8 Å². The highest BCUT2D eigenvalue weighted by atomic mass is 31.2. The molecule has 0 aromatic heterocycles. The zero-order valence-electron chi connectivity index (χ0n) is 8.91. The second-order valence-electron chi connectivity index (χ2n) is 3.60. The molecule has 0 spiro atoms. The lowest BCUT2D eigenvalue weighted by Gasteiger charge is -2.13. The van der Waals surface area contributed by atoms with E-state index in [-0.39, 0.29) is 6.54 Å². The molecule has 0 aliphatic rings. The summed E-state index contributed by atoms with van der Waals surface area (Å²) in [5, 5.41) is 2.92. The lowest BCUT2D eigenvalue weighted by molar-refractivity contribution is 0.356. The van der Waals surface area contributed by atoms with E-state index in [1.165, 1.54) is 5.56 Å². The molecule has 1 rings (SSSR count). The Morgan fingerprint density at radius 3 is 2.50 bits per heavy atom. The number of benzene rings is 1. The van der Waals surface area contributed by atoms with Gasteiger partial charge in [-0.3, -0.25) is 4.57 Å². The van der Waals surface area contributed by atoms with E-state index in [1.54, 1.807) is 0 Å². The van der Waals surface area contributed by atoms with E-state index in [1.807, 2.05) is 30.3 Å². The molecule has 1 aromatic rings. The smallest absolute Gasteiger partial charge is 0.323 e. The second-order valence-corrected chi connectivity index (χ2v) is 5.44. The van der Waals surface area contributed by atoms with Crippen molar-refractivity contribution in [2.75, 3.05) is 13.1 Å². The Kier molecular flexibility index (Phi) is 5.12. The van der Waals surface area contributed by atoms with Gasteiger partial charge in [-0.15, -0.1) is 0 Å². The monoisotopic (exact) mass is 244 g/mol. The van der Waals surface area contributed by atoms with Crippen LogP contribution in [0.5, 0.6) is 0 Å². The Hall–Kier alpha value is -0.710. The summed E-state index contributed by atoms with van der Waals surface area (Å²) in [6, 6.07) is 9.86. The third-order valence-corrected chi connectivity index (χ3v) is 3.27. The van der Waals surface area contributed by atoms with Crippen molar-refractivity contribution in [1.82, 2.24) is 5.32 Å². The van der Waals surface area contributed by atoms with E-state index < -0.39 is 13.4 Å². The van der Waals surface area contributed by atoms with E-state index >= 15 is 0 Å². The molecular formula is C10H17N2O3P. The van der Waals surface area contributed by atoms with Crippen LogP contribution in [-0.4, -0.2) is 28.7 Å². The van der Waals surface area contributed by atoms with Gasteiger partial charge in [0.2, 0.25) is 0 Å². The zero-order chi connectivity index (χ0) is 12.0. The maximum Gasteiger partial charge on any atom is 0.343 e. The summed E-state index contributed by atoms with van der Waals surface area (Å²) in [5.41, 5.74) is 6.48. The van der Waals surface area contributed by atoms with Gasteiger partial charge in [0, 0.05) is 6.54 Å². The molecule has 0 heterocycles. The molecule has 0 bridgehead atoms. The van der Waals surface area contributed by atoms with Crippen LogP contribution in [0.25, 0.3) is 0 Å². The van der Waals surface area contributed by atoms with Crippen molar-refractivity contribution in [2.24, 2.45) is 5.73 Å². The maximum atomic E-state index is 10.7. The molecule has 0 saturated carbocycles. The van der Waals surface area contributed by atoms with E-state index in [0.717, 1.165) is 6.42 Å². The Balaban J connectivity index is 2.20. The van der Waals surface area contributed by atoms with Crippen LogP contribution < -0.4 is 11.1 Å². The molecule has 16 heavy (non-hydrogen) atoms. The Morgan fingerprint density at radius 2 is 1.94 bits per heavy atom. The van der Waals surface area contributed by atoms with Gasteiger partial charge in [-0.05, 0) is 18.5 Å². The third kappa shape index (κ3) is 4.88. The minimum Gasteiger partial charge on any atom is -0.323 e. The van der Waals surface area contributed by atoms with Crippen LogP contribution in [0.2, 0.25) is 0 Å². The summed E-state index contributed by atoms with van der Waals surface area (Å²) in [4.78, 5) is 17.5. The number of nitrogens with one attached hydrogen (secondary N) is 1. The molecule has 1 atom stereocenters. The first kappa shape index (κ1) is 13.4. The minimum absolute atomic E-state index is 0.122. The van der Waals surface area contributed by atoms with Gasteiger partial charge in [0.25, 0.3) is 0 Å². The average Bonchev–Trinajstić information content (AvgIpc) is 2.24. The number of hydrogen-bond donors (Lipinski definition) is 4. The van der Waals surface area contributed by atoms with E-state index in [2.05, 4.69) is 5.32 Å². The fraction of sp³-hybridized carbons (Fsp3) is 0.400. The van der Waals surface area contributed by atoms with Gasteiger partial charge in [0.15, 0.2) is 0 Å². The highest BCUT2D eigenvalue weighted by molar-refractivity contribution is 7.52. The summed E-state index contributed by atoms with van der Waals surface area (Å²) in [5.74, 6) is -1.12. The molecule has 0 unspecified atom stereocenters. The topological polar surface area (TPSA) is 95.6 Å². The van der Waals surface area contributed by atoms with Crippen molar-refractivity contribution in [3.63, 3.8) is 0 Å². The molecule has 5 N–H and O–H groups in total. The SMILES string of the molecule is N[C@@H](CNCCc1ccccc1)P(=O)(O)O. The predicted octanol–water partition coefficient (Wildman–Crippen LogP) is 0.281. The molecular weight excluding hydrogens is 227 g/mol. The molecule has 0 radical (unpaired) electrons. The highest BCUT2D eigenvalue weighted by Crippen LogP contribution is 2.37. The van der Waals surface area contributed by atoms with Gasteiger partial charge in [-0.25, -0.2) is 0 Å².